The Bertz CT molecular complexity index is 1870. The maximum Gasteiger partial charge on any atom is 0.243 e. The number of amides is 6. The average Bonchev–Trinajstić information content (AvgIpc) is 3.54. The molecule has 14 nitrogen and oxygen atoms in total. The maximum atomic E-state index is 14.3. The number of aromatic nitrogens is 1. The molecule has 1 saturated heterocycles. The van der Waals surface area contributed by atoms with Crippen LogP contribution in [0.4, 0.5) is 0 Å². The predicted molar refractivity (Wildman–Crippen MR) is 212 cm³/mol. The molecule has 1 aliphatic heterocycles. The van der Waals surface area contributed by atoms with Gasteiger partial charge in [0.15, 0.2) is 0 Å². The molecule has 14 heteroatoms. The quantitative estimate of drug-likeness (QED) is 0.193. The number of H-pyrrole nitrogens is 1. The van der Waals surface area contributed by atoms with Gasteiger partial charge in [-0.1, -0.05) is 64.4 Å². The van der Waals surface area contributed by atoms with Crippen molar-refractivity contribution in [3.63, 3.8) is 0 Å². The van der Waals surface area contributed by atoms with Crippen LogP contribution in [-0.4, -0.2) is 95.7 Å². The van der Waals surface area contributed by atoms with Gasteiger partial charge in [-0.25, -0.2) is 0 Å². The van der Waals surface area contributed by atoms with Gasteiger partial charge in [0.1, 0.15) is 29.9 Å². The van der Waals surface area contributed by atoms with Gasteiger partial charge in [-0.3, -0.25) is 28.8 Å². The second kappa shape index (κ2) is 19.0. The molecule has 3 aromatic rings. The lowest BCUT2D eigenvalue weighted by molar-refractivity contribution is -0.143. The van der Waals surface area contributed by atoms with Gasteiger partial charge in [-0.15, -0.1) is 0 Å². The first-order valence-corrected chi connectivity index (χ1v) is 19.7. The molecule has 6 N–H and O–H groups in total. The number of rotatable bonds is 9. The van der Waals surface area contributed by atoms with E-state index in [9.17, 15) is 28.8 Å². The molecule has 302 valence electrons. The highest BCUT2D eigenvalue weighted by atomic mass is 16.5. The lowest BCUT2D eigenvalue weighted by Gasteiger charge is -2.35. The Morgan fingerprint density at radius 3 is 2.07 bits per heavy atom. The van der Waals surface area contributed by atoms with Crippen LogP contribution >= 0.6 is 0 Å². The molecule has 5 atom stereocenters. The predicted octanol–water partition coefficient (Wildman–Crippen LogP) is 2.75. The lowest BCUT2D eigenvalue weighted by atomic mass is 9.84. The van der Waals surface area contributed by atoms with Crippen LogP contribution < -0.4 is 31.3 Å². The molecule has 6 amide bonds. The first-order valence-electron chi connectivity index (χ1n) is 19.7. The van der Waals surface area contributed by atoms with Crippen molar-refractivity contribution in [2.45, 2.75) is 103 Å². The van der Waals surface area contributed by atoms with Gasteiger partial charge >= 0.3 is 0 Å². The van der Waals surface area contributed by atoms with Crippen molar-refractivity contribution in [3.05, 3.63) is 65.9 Å². The topological polar surface area (TPSA) is 191 Å². The molecule has 1 aromatic heterocycles. The number of fused-ring (bicyclic) bond motifs is 1. The minimum atomic E-state index is -1.12. The number of nitrogens with zero attached hydrogens (tertiary/aromatic N) is 1. The Balaban J connectivity index is 1.52. The fourth-order valence-corrected chi connectivity index (χ4v) is 7.09. The molecule has 2 heterocycles. The third-order valence-electron chi connectivity index (χ3n) is 10.7. The molecule has 5 rings (SSSR count). The van der Waals surface area contributed by atoms with Gasteiger partial charge in [-0.2, -0.15) is 0 Å². The molecule has 2 aliphatic rings. The lowest BCUT2D eigenvalue weighted by Crippen LogP contribution is -2.61. The van der Waals surface area contributed by atoms with Crippen molar-refractivity contribution in [2.24, 2.45) is 17.8 Å². The average molecular weight is 772 g/mol. The smallest absolute Gasteiger partial charge is 0.243 e. The molecule has 2 aromatic carbocycles. The highest BCUT2D eigenvalue weighted by Crippen LogP contribution is 2.28. The summed E-state index contributed by atoms with van der Waals surface area (Å²) in [6, 6.07) is 9.82. The van der Waals surface area contributed by atoms with Crippen molar-refractivity contribution in [2.75, 3.05) is 20.2 Å². The number of hydrogen-bond acceptors (Lipinski definition) is 7. The van der Waals surface area contributed by atoms with Crippen LogP contribution in [0.5, 0.6) is 5.75 Å². The zero-order chi connectivity index (χ0) is 40.5. The largest absolute Gasteiger partial charge is 0.497 e. The summed E-state index contributed by atoms with van der Waals surface area (Å²) in [5.74, 6) is -2.75. The van der Waals surface area contributed by atoms with E-state index >= 15 is 0 Å². The van der Waals surface area contributed by atoms with E-state index in [-0.39, 0.29) is 56.0 Å². The van der Waals surface area contributed by atoms with Crippen LogP contribution in [0.3, 0.4) is 0 Å². The molecular formula is C42H57N7O7. The highest BCUT2D eigenvalue weighted by Gasteiger charge is 2.36. The maximum absolute atomic E-state index is 14.3. The number of para-hydroxylation sites is 1. The SMILES string of the molecule is COc1ccc(C[C@@H]2NC(=O)[C@H](CC(C)C)NC(=O)[C@@H](Cc3c[nH]c4ccccc34)NC(=O)CN(C(=O)C3CCC3)C[C@H](C(C)C)NC(=O)[C@@H](C)NC2=O)cc1. The van der Waals surface area contributed by atoms with E-state index in [1.165, 1.54) is 4.90 Å². The normalized spacial score (nSPS) is 23.7. The number of hydrogen-bond donors (Lipinski definition) is 6. The van der Waals surface area contributed by atoms with E-state index in [1.54, 1.807) is 44.5 Å². The molecule has 0 bridgehead atoms. The van der Waals surface area contributed by atoms with E-state index < -0.39 is 59.7 Å². The summed E-state index contributed by atoms with van der Waals surface area (Å²) in [5, 5.41) is 15.3. The molecule has 0 unspecified atom stereocenters. The van der Waals surface area contributed by atoms with Crippen molar-refractivity contribution >= 4 is 46.3 Å². The number of benzene rings is 2. The summed E-state index contributed by atoms with van der Waals surface area (Å²) >= 11 is 0. The zero-order valence-electron chi connectivity index (χ0n) is 33.3. The van der Waals surface area contributed by atoms with Crippen LogP contribution in [0.25, 0.3) is 10.9 Å². The number of nitrogens with one attached hydrogen (secondary N) is 6. The third kappa shape index (κ3) is 10.9. The second-order valence-electron chi connectivity index (χ2n) is 15.9. The van der Waals surface area contributed by atoms with Crippen molar-refractivity contribution in [3.8, 4) is 5.75 Å². The Kier molecular flexibility index (Phi) is 14.1. The van der Waals surface area contributed by atoms with E-state index in [2.05, 4.69) is 31.6 Å². The van der Waals surface area contributed by atoms with E-state index in [4.69, 9.17) is 4.74 Å². The molecule has 0 spiro atoms. The minimum Gasteiger partial charge on any atom is -0.497 e. The van der Waals surface area contributed by atoms with Gasteiger partial charge in [0.2, 0.25) is 35.4 Å². The first-order chi connectivity index (χ1) is 26.7. The fraction of sp³-hybridized carbons (Fsp3) is 0.524. The van der Waals surface area contributed by atoms with Crippen LogP contribution in [-0.2, 0) is 41.6 Å². The van der Waals surface area contributed by atoms with Crippen molar-refractivity contribution in [1.29, 1.82) is 0 Å². The number of aromatic amines is 1. The monoisotopic (exact) mass is 771 g/mol. The van der Waals surface area contributed by atoms with Gasteiger partial charge in [-0.05, 0) is 67.3 Å². The second-order valence-corrected chi connectivity index (χ2v) is 15.9. The molecule has 1 aliphatic carbocycles. The van der Waals surface area contributed by atoms with Crippen LogP contribution in [0.1, 0.15) is 71.4 Å². The van der Waals surface area contributed by atoms with Crippen LogP contribution in [0, 0.1) is 17.8 Å². The van der Waals surface area contributed by atoms with Gasteiger partial charge in [0, 0.05) is 48.4 Å². The summed E-state index contributed by atoms with van der Waals surface area (Å²) in [6.45, 7) is 8.91. The molecule has 56 heavy (non-hydrogen) atoms. The number of carbonyl (C=O) groups is 6. The molecular weight excluding hydrogens is 715 g/mol. The first kappa shape index (κ1) is 41.8. The highest BCUT2D eigenvalue weighted by molar-refractivity contribution is 5.96. The fourth-order valence-electron chi connectivity index (χ4n) is 7.09. The van der Waals surface area contributed by atoms with Crippen molar-refractivity contribution < 1.29 is 33.5 Å². The van der Waals surface area contributed by atoms with E-state index in [1.807, 2.05) is 52.0 Å². The number of methoxy groups -OCH3 is 1. The molecule has 1 saturated carbocycles. The van der Waals surface area contributed by atoms with Crippen LogP contribution in [0.2, 0.25) is 0 Å². The van der Waals surface area contributed by atoms with E-state index in [0.29, 0.717) is 18.6 Å². The van der Waals surface area contributed by atoms with Gasteiger partial charge < -0.3 is 41.2 Å². The Hall–Kier alpha value is -5.40. The van der Waals surface area contributed by atoms with Crippen molar-refractivity contribution in [1.82, 2.24) is 36.5 Å². The molecule has 0 radical (unpaired) electrons. The standard InChI is InChI=1S/C42H57N7O7/c1-24(2)18-33-40(53)47-34(19-27-14-16-30(56-6)17-15-27)39(52)44-26(5)38(51)48-36(25(3)4)22-49(42(55)28-10-9-11-28)23-37(50)45-35(41(54)46-33)20-29-21-43-32-13-8-7-12-31(29)32/h7-8,12-17,21,24-26,28,33-36,43H,9-11,18-20,22-23H2,1-6H3,(H,44,52)(H,45,50)(H,46,54)(H,47,53)(H,48,51)/t26-,33+,34+,35-,36-/m1/s1. The Morgan fingerprint density at radius 2 is 1.43 bits per heavy atom. The van der Waals surface area contributed by atoms with Gasteiger partial charge in [0.25, 0.3) is 0 Å². The molecule has 2 fully saturated rings. The number of carbonyl (C=O) groups excluding carboxylic acids is 6. The summed E-state index contributed by atoms with van der Waals surface area (Å²) < 4.78 is 5.29. The van der Waals surface area contributed by atoms with Crippen LogP contribution in [0.15, 0.2) is 54.7 Å². The summed E-state index contributed by atoms with van der Waals surface area (Å²) in [6.07, 6.45) is 4.54. The minimum absolute atomic E-state index is 0.0388. The third-order valence-corrected chi connectivity index (χ3v) is 10.7. The summed E-state index contributed by atoms with van der Waals surface area (Å²) in [5.41, 5.74) is 2.37. The Labute approximate surface area is 328 Å². The summed E-state index contributed by atoms with van der Waals surface area (Å²) in [7, 11) is 1.55. The van der Waals surface area contributed by atoms with Gasteiger partial charge in [0.05, 0.1) is 13.7 Å². The number of ether oxygens (including phenoxy) is 1. The van der Waals surface area contributed by atoms with E-state index in [0.717, 1.165) is 28.5 Å². The summed E-state index contributed by atoms with van der Waals surface area (Å²) in [4.78, 5) is 88.5. The zero-order valence-corrected chi connectivity index (χ0v) is 33.3. The Morgan fingerprint density at radius 1 is 0.786 bits per heavy atom.